The molecule has 2 saturated heterocycles. The number of nitrogens with one attached hydrogen (secondary N) is 1. The normalized spacial score (nSPS) is 25.2. The summed E-state index contributed by atoms with van der Waals surface area (Å²) in [5.41, 5.74) is 0.660. The van der Waals surface area contributed by atoms with Crippen LogP contribution in [-0.4, -0.2) is 50.9 Å². The van der Waals surface area contributed by atoms with Crippen molar-refractivity contribution in [1.29, 1.82) is 0 Å². The number of para-hydroxylation sites is 2. The SMILES string of the molecule is CCOc1ccccc1N1CC(C(=O)NC2CCS(=O)(=O)C2)CC1=O. The highest BCUT2D eigenvalue weighted by Crippen LogP contribution is 2.33. The minimum absolute atomic E-state index is 0.0176. The average Bonchev–Trinajstić information content (AvgIpc) is 3.11. The second-order valence-electron chi connectivity index (χ2n) is 6.41. The Hall–Kier alpha value is -2.09. The van der Waals surface area contributed by atoms with E-state index in [4.69, 9.17) is 4.74 Å². The van der Waals surface area contributed by atoms with Crippen LogP contribution in [-0.2, 0) is 19.4 Å². The zero-order chi connectivity index (χ0) is 18.0. The molecule has 25 heavy (non-hydrogen) atoms. The van der Waals surface area contributed by atoms with Crippen molar-refractivity contribution in [3.05, 3.63) is 24.3 Å². The minimum atomic E-state index is -3.05. The predicted octanol–water partition coefficient (Wildman–Crippen LogP) is 0.742. The number of hydrogen-bond donors (Lipinski definition) is 1. The maximum atomic E-state index is 12.4. The smallest absolute Gasteiger partial charge is 0.227 e. The number of hydrogen-bond acceptors (Lipinski definition) is 5. The van der Waals surface area contributed by atoms with E-state index in [-0.39, 0.29) is 42.3 Å². The van der Waals surface area contributed by atoms with Crippen LogP contribution in [0.15, 0.2) is 24.3 Å². The molecule has 0 spiro atoms. The van der Waals surface area contributed by atoms with Gasteiger partial charge in [-0.15, -0.1) is 0 Å². The van der Waals surface area contributed by atoms with E-state index in [1.54, 1.807) is 17.0 Å². The van der Waals surface area contributed by atoms with Gasteiger partial charge in [-0.05, 0) is 25.5 Å². The van der Waals surface area contributed by atoms with Crippen molar-refractivity contribution in [1.82, 2.24) is 5.32 Å². The third kappa shape index (κ3) is 3.95. The van der Waals surface area contributed by atoms with Gasteiger partial charge in [-0.2, -0.15) is 0 Å². The Morgan fingerprint density at radius 1 is 1.36 bits per heavy atom. The Labute approximate surface area is 147 Å². The summed E-state index contributed by atoms with van der Waals surface area (Å²) in [5, 5.41) is 2.78. The highest BCUT2D eigenvalue weighted by Gasteiger charge is 2.38. The first-order valence-electron chi connectivity index (χ1n) is 8.42. The Balaban J connectivity index is 1.67. The number of nitrogens with zero attached hydrogens (tertiary/aromatic N) is 1. The lowest BCUT2D eigenvalue weighted by molar-refractivity contribution is -0.126. The molecular formula is C17H22N2O5S. The molecule has 1 aromatic carbocycles. The quantitative estimate of drug-likeness (QED) is 0.830. The number of anilines is 1. The summed E-state index contributed by atoms with van der Waals surface area (Å²) in [6.45, 7) is 2.63. The van der Waals surface area contributed by atoms with Gasteiger partial charge in [0.25, 0.3) is 0 Å². The highest BCUT2D eigenvalue weighted by molar-refractivity contribution is 7.91. The van der Waals surface area contributed by atoms with E-state index in [2.05, 4.69) is 5.32 Å². The molecule has 3 rings (SSSR count). The molecule has 2 fully saturated rings. The van der Waals surface area contributed by atoms with Crippen molar-refractivity contribution in [3.8, 4) is 5.75 Å². The summed E-state index contributed by atoms with van der Waals surface area (Å²) in [6, 6.07) is 6.90. The lowest BCUT2D eigenvalue weighted by Gasteiger charge is -2.20. The summed E-state index contributed by atoms with van der Waals surface area (Å²) in [7, 11) is -3.05. The minimum Gasteiger partial charge on any atom is -0.492 e. The van der Waals surface area contributed by atoms with Gasteiger partial charge in [-0.25, -0.2) is 8.42 Å². The molecule has 2 aliphatic heterocycles. The van der Waals surface area contributed by atoms with Gasteiger partial charge in [0, 0.05) is 19.0 Å². The lowest BCUT2D eigenvalue weighted by atomic mass is 10.1. The van der Waals surface area contributed by atoms with Gasteiger partial charge in [0.1, 0.15) is 5.75 Å². The molecule has 0 aliphatic carbocycles. The maximum Gasteiger partial charge on any atom is 0.227 e. The van der Waals surface area contributed by atoms with E-state index in [0.717, 1.165) is 0 Å². The summed E-state index contributed by atoms with van der Waals surface area (Å²) in [5.74, 6) is -0.170. The van der Waals surface area contributed by atoms with E-state index in [0.29, 0.717) is 24.5 Å². The lowest BCUT2D eigenvalue weighted by Crippen LogP contribution is -2.40. The molecule has 1 N–H and O–H groups in total. The van der Waals surface area contributed by atoms with Crippen molar-refractivity contribution in [2.45, 2.75) is 25.8 Å². The number of carbonyl (C=O) groups is 2. The van der Waals surface area contributed by atoms with Crippen molar-refractivity contribution < 1.29 is 22.7 Å². The number of sulfone groups is 1. The monoisotopic (exact) mass is 366 g/mol. The molecule has 136 valence electrons. The van der Waals surface area contributed by atoms with Crippen molar-refractivity contribution >= 4 is 27.3 Å². The van der Waals surface area contributed by atoms with Gasteiger partial charge in [0.05, 0.1) is 29.7 Å². The Morgan fingerprint density at radius 2 is 2.12 bits per heavy atom. The second-order valence-corrected chi connectivity index (χ2v) is 8.64. The van der Waals surface area contributed by atoms with Crippen LogP contribution in [0.5, 0.6) is 5.75 Å². The summed E-state index contributed by atoms with van der Waals surface area (Å²) < 4.78 is 28.6. The molecular weight excluding hydrogens is 344 g/mol. The Morgan fingerprint density at radius 3 is 2.80 bits per heavy atom. The van der Waals surface area contributed by atoms with Gasteiger partial charge in [-0.1, -0.05) is 12.1 Å². The fourth-order valence-electron chi connectivity index (χ4n) is 3.30. The Kier molecular flexibility index (Phi) is 4.99. The average molecular weight is 366 g/mol. The van der Waals surface area contributed by atoms with Gasteiger partial charge in [0.2, 0.25) is 11.8 Å². The third-order valence-corrected chi connectivity index (χ3v) is 6.30. The molecule has 7 nitrogen and oxygen atoms in total. The van der Waals surface area contributed by atoms with Crippen LogP contribution < -0.4 is 15.0 Å². The van der Waals surface area contributed by atoms with Gasteiger partial charge in [0.15, 0.2) is 9.84 Å². The van der Waals surface area contributed by atoms with E-state index < -0.39 is 15.8 Å². The fourth-order valence-corrected chi connectivity index (χ4v) is 4.97. The third-order valence-electron chi connectivity index (χ3n) is 4.53. The molecule has 2 unspecified atom stereocenters. The topological polar surface area (TPSA) is 92.8 Å². The standard InChI is InChI=1S/C17H22N2O5S/c1-2-24-15-6-4-3-5-14(15)19-10-12(9-16(19)20)17(21)18-13-7-8-25(22,23)11-13/h3-6,12-13H,2,7-11H2,1H3,(H,18,21). The zero-order valence-electron chi connectivity index (χ0n) is 14.1. The van der Waals surface area contributed by atoms with Gasteiger partial charge < -0.3 is 15.0 Å². The zero-order valence-corrected chi connectivity index (χ0v) is 14.9. The highest BCUT2D eigenvalue weighted by atomic mass is 32.2. The van der Waals surface area contributed by atoms with E-state index in [1.165, 1.54) is 0 Å². The van der Waals surface area contributed by atoms with E-state index >= 15 is 0 Å². The molecule has 2 heterocycles. The molecule has 8 heteroatoms. The van der Waals surface area contributed by atoms with Crippen molar-refractivity contribution in [3.63, 3.8) is 0 Å². The van der Waals surface area contributed by atoms with Gasteiger partial charge >= 0.3 is 0 Å². The van der Waals surface area contributed by atoms with E-state index in [9.17, 15) is 18.0 Å². The first kappa shape index (κ1) is 17.7. The molecule has 2 amide bonds. The van der Waals surface area contributed by atoms with Crippen LogP contribution in [0, 0.1) is 5.92 Å². The number of rotatable bonds is 5. The van der Waals surface area contributed by atoms with Crippen LogP contribution in [0.25, 0.3) is 0 Å². The molecule has 0 radical (unpaired) electrons. The van der Waals surface area contributed by atoms with Crippen LogP contribution in [0.4, 0.5) is 5.69 Å². The summed E-state index contributed by atoms with van der Waals surface area (Å²) in [6.07, 6.45) is 0.553. The van der Waals surface area contributed by atoms with Crippen molar-refractivity contribution in [2.24, 2.45) is 5.92 Å². The fraction of sp³-hybridized carbons (Fsp3) is 0.529. The molecule has 0 saturated carbocycles. The molecule has 2 aliphatic rings. The molecule has 0 bridgehead atoms. The van der Waals surface area contributed by atoms with Crippen LogP contribution >= 0.6 is 0 Å². The maximum absolute atomic E-state index is 12.4. The number of amides is 2. The number of benzene rings is 1. The van der Waals surface area contributed by atoms with Gasteiger partial charge in [-0.3, -0.25) is 9.59 Å². The largest absolute Gasteiger partial charge is 0.492 e. The van der Waals surface area contributed by atoms with Crippen molar-refractivity contribution in [2.75, 3.05) is 29.6 Å². The predicted molar refractivity (Wildman–Crippen MR) is 93.3 cm³/mol. The molecule has 1 aromatic rings. The number of carbonyl (C=O) groups excluding carboxylic acids is 2. The first-order valence-corrected chi connectivity index (χ1v) is 10.2. The second kappa shape index (κ2) is 7.03. The molecule has 2 atom stereocenters. The Bertz CT molecular complexity index is 777. The van der Waals surface area contributed by atoms with E-state index in [1.807, 2.05) is 19.1 Å². The molecule has 0 aromatic heterocycles. The van der Waals surface area contributed by atoms with Crippen LogP contribution in [0.3, 0.4) is 0 Å². The summed E-state index contributed by atoms with van der Waals surface area (Å²) >= 11 is 0. The number of ether oxygens (including phenoxy) is 1. The van der Waals surface area contributed by atoms with Crippen LogP contribution in [0.2, 0.25) is 0 Å². The first-order chi connectivity index (χ1) is 11.9. The summed E-state index contributed by atoms with van der Waals surface area (Å²) in [4.78, 5) is 26.4. The van der Waals surface area contributed by atoms with Crippen LogP contribution in [0.1, 0.15) is 19.8 Å².